The Morgan fingerprint density at radius 2 is 2.00 bits per heavy atom. The van der Waals surface area contributed by atoms with Crippen molar-refractivity contribution < 1.29 is 13.4 Å². The topological polar surface area (TPSA) is 121 Å². The molecule has 4 rings (SSSR count). The molecule has 2 aliphatic heterocycles. The predicted molar refractivity (Wildman–Crippen MR) is 127 cm³/mol. The first kappa shape index (κ1) is 22.9. The summed E-state index contributed by atoms with van der Waals surface area (Å²) in [5.74, 6) is -0.721. The molecule has 0 unspecified atom stereocenters. The van der Waals surface area contributed by atoms with Gasteiger partial charge in [-0.2, -0.15) is 5.26 Å². The van der Waals surface area contributed by atoms with Gasteiger partial charge < -0.3 is 11.1 Å². The molecular weight excluding hydrogens is 441 g/mol. The van der Waals surface area contributed by atoms with E-state index in [9.17, 15) is 9.00 Å². The lowest BCUT2D eigenvalue weighted by Gasteiger charge is -2.44. The number of nitrogens with one attached hydrogen (secondary N) is 1. The van der Waals surface area contributed by atoms with Crippen molar-refractivity contribution in [1.82, 2.24) is 0 Å². The van der Waals surface area contributed by atoms with Crippen molar-refractivity contribution in [2.75, 3.05) is 11.9 Å². The van der Waals surface area contributed by atoms with Gasteiger partial charge in [-0.25, -0.2) is 13.0 Å². The van der Waals surface area contributed by atoms with E-state index in [1.165, 1.54) is 18.2 Å². The fourth-order valence-corrected chi connectivity index (χ4v) is 7.84. The number of aryl methyl sites for hydroxylation is 1. The monoisotopic (exact) mass is 467 g/mol. The molecule has 1 amide bonds. The largest absolute Gasteiger partial charge is 0.386 e. The average molecular weight is 468 g/mol. The van der Waals surface area contributed by atoms with Crippen LogP contribution in [0.4, 0.5) is 10.1 Å². The van der Waals surface area contributed by atoms with Gasteiger partial charge in [-0.15, -0.1) is 0 Å². The third kappa shape index (κ3) is 3.40. The van der Waals surface area contributed by atoms with Crippen molar-refractivity contribution in [1.29, 1.82) is 5.26 Å². The third-order valence-electron chi connectivity index (χ3n) is 6.76. The van der Waals surface area contributed by atoms with Crippen LogP contribution in [-0.4, -0.2) is 32.5 Å². The number of fused-ring (bicyclic) bond motifs is 1. The number of amidine groups is 1. The molecule has 0 aliphatic carbocycles. The number of nitriles is 1. The predicted octanol–water partition coefficient (Wildman–Crippen LogP) is 3.86. The molecule has 0 fully saturated rings. The van der Waals surface area contributed by atoms with Crippen LogP contribution in [0.15, 0.2) is 45.8 Å². The molecule has 9 heteroatoms. The number of aliphatic imine (C=N–C) groups is 1. The van der Waals surface area contributed by atoms with Crippen LogP contribution in [0.25, 0.3) is 0 Å². The first-order chi connectivity index (χ1) is 15.4. The van der Waals surface area contributed by atoms with Gasteiger partial charge in [-0.05, 0) is 76.1 Å². The second-order valence-corrected chi connectivity index (χ2v) is 12.1. The van der Waals surface area contributed by atoms with Crippen molar-refractivity contribution in [3.8, 4) is 6.07 Å². The van der Waals surface area contributed by atoms with Crippen LogP contribution in [0, 0.1) is 24.1 Å². The lowest BCUT2D eigenvalue weighted by atomic mass is 9.85. The Labute approximate surface area is 193 Å². The second-order valence-electron chi connectivity index (χ2n) is 9.14. The van der Waals surface area contributed by atoms with Gasteiger partial charge in [0, 0.05) is 23.4 Å². The van der Waals surface area contributed by atoms with E-state index in [2.05, 4.69) is 14.7 Å². The van der Waals surface area contributed by atoms with E-state index in [1.54, 1.807) is 45.9 Å². The summed E-state index contributed by atoms with van der Waals surface area (Å²) < 4.78 is 32.6. The molecule has 33 heavy (non-hydrogen) atoms. The summed E-state index contributed by atoms with van der Waals surface area (Å²) >= 11 is 0. The number of rotatable bonds is 3. The van der Waals surface area contributed by atoms with E-state index in [0.717, 1.165) is 0 Å². The molecule has 2 aromatic carbocycles. The van der Waals surface area contributed by atoms with Crippen molar-refractivity contribution in [3.05, 3.63) is 64.5 Å². The Morgan fingerprint density at radius 3 is 2.67 bits per heavy atom. The quantitative estimate of drug-likeness (QED) is 0.712. The Balaban J connectivity index is 1.75. The van der Waals surface area contributed by atoms with E-state index < -0.39 is 31.1 Å². The van der Waals surface area contributed by atoms with Gasteiger partial charge in [0.25, 0.3) is 5.91 Å². The smallest absolute Gasteiger partial charge is 0.255 e. The standard InChI is InChI=1S/C24H26FN5O2S/c1-14-11-15(13-26)5-7-17(14)21(31)29-16-6-8-19(25)18(12-16)24(4)20-9-10-28-33(20,32)23(2,3)22(27)30-24/h5-8,11-12,20H,9-10H2,1-4H3,(H2,27,30)(H,29,31)/t20-,24+,33+/m0/s1. The minimum absolute atomic E-state index is 0.180. The minimum atomic E-state index is -2.80. The zero-order chi connectivity index (χ0) is 24.2. The highest BCUT2D eigenvalue weighted by Crippen LogP contribution is 2.48. The number of benzene rings is 2. The Hall–Kier alpha value is -3.25. The van der Waals surface area contributed by atoms with Crippen LogP contribution >= 0.6 is 0 Å². The van der Waals surface area contributed by atoms with Gasteiger partial charge in [-0.1, -0.05) is 0 Å². The van der Waals surface area contributed by atoms with E-state index in [1.807, 2.05) is 6.07 Å². The number of nitrogens with zero attached hydrogens (tertiary/aromatic N) is 3. The van der Waals surface area contributed by atoms with Gasteiger partial charge in [0.15, 0.2) is 0 Å². The van der Waals surface area contributed by atoms with Crippen LogP contribution in [0.5, 0.6) is 0 Å². The molecule has 7 nitrogen and oxygen atoms in total. The van der Waals surface area contributed by atoms with Gasteiger partial charge in [0.2, 0.25) is 0 Å². The summed E-state index contributed by atoms with van der Waals surface area (Å²) in [7, 11) is -2.80. The number of nitrogens with two attached hydrogens (primary N) is 1. The second kappa shape index (κ2) is 7.66. The lowest BCUT2D eigenvalue weighted by molar-refractivity contribution is 0.102. The summed E-state index contributed by atoms with van der Waals surface area (Å²) in [5, 5.41) is 11.3. The molecule has 2 aliphatic rings. The Kier molecular flexibility index (Phi) is 5.32. The molecule has 2 aromatic rings. The van der Waals surface area contributed by atoms with Crippen LogP contribution in [-0.2, 0) is 15.3 Å². The summed E-state index contributed by atoms with van der Waals surface area (Å²) in [4.78, 5) is 17.5. The molecule has 0 radical (unpaired) electrons. The summed E-state index contributed by atoms with van der Waals surface area (Å²) in [5.41, 5.74) is 7.17. The van der Waals surface area contributed by atoms with Crippen molar-refractivity contribution >= 4 is 27.2 Å². The van der Waals surface area contributed by atoms with E-state index in [-0.39, 0.29) is 17.3 Å². The van der Waals surface area contributed by atoms with Crippen LogP contribution in [0.2, 0.25) is 0 Å². The molecule has 172 valence electrons. The van der Waals surface area contributed by atoms with E-state index in [0.29, 0.717) is 35.3 Å². The number of amides is 1. The average Bonchev–Trinajstić information content (AvgIpc) is 3.18. The van der Waals surface area contributed by atoms with E-state index >= 15 is 4.39 Å². The summed E-state index contributed by atoms with van der Waals surface area (Å²) in [6.07, 6.45) is 0.510. The number of carbonyl (C=O) groups excluding carboxylic acids is 1. The number of carbonyl (C=O) groups is 1. The number of halogens is 1. The van der Waals surface area contributed by atoms with Gasteiger partial charge in [-0.3, -0.25) is 9.79 Å². The summed E-state index contributed by atoms with van der Waals surface area (Å²) in [6, 6.07) is 11.1. The van der Waals surface area contributed by atoms with Gasteiger partial charge in [0.1, 0.15) is 21.9 Å². The molecule has 2 heterocycles. The van der Waals surface area contributed by atoms with Gasteiger partial charge >= 0.3 is 0 Å². The first-order valence-electron chi connectivity index (χ1n) is 10.6. The maximum absolute atomic E-state index is 15.1. The molecule has 0 bridgehead atoms. The van der Waals surface area contributed by atoms with Crippen LogP contribution in [0.3, 0.4) is 0 Å². The molecule has 3 N–H and O–H groups in total. The van der Waals surface area contributed by atoms with Crippen molar-refractivity contribution in [2.45, 2.75) is 49.7 Å². The number of hydrogen-bond acceptors (Lipinski definition) is 6. The van der Waals surface area contributed by atoms with Crippen LogP contribution in [0.1, 0.15) is 54.2 Å². The minimum Gasteiger partial charge on any atom is -0.386 e. The Bertz CT molecular complexity index is 1370. The normalized spacial score (nSPS) is 27.6. The highest BCUT2D eigenvalue weighted by molar-refractivity contribution is 7.96. The van der Waals surface area contributed by atoms with E-state index in [4.69, 9.17) is 11.0 Å². The molecule has 0 spiro atoms. The molecule has 0 aromatic heterocycles. The van der Waals surface area contributed by atoms with Crippen molar-refractivity contribution in [2.24, 2.45) is 15.1 Å². The SMILES string of the molecule is Cc1cc(C#N)ccc1C(=O)Nc1ccc(F)c([C@@]2(C)N=C(N)C(C)(C)[S@@]3(=O)=NCC[C@@H]23)c1. The summed E-state index contributed by atoms with van der Waals surface area (Å²) in [6.45, 7) is 7.41. The molecule has 0 saturated carbocycles. The Morgan fingerprint density at radius 1 is 1.27 bits per heavy atom. The zero-order valence-electron chi connectivity index (χ0n) is 19.0. The fraction of sp³-hybridized carbons (Fsp3) is 0.375. The van der Waals surface area contributed by atoms with Crippen LogP contribution < -0.4 is 11.1 Å². The number of hydrogen-bond donors (Lipinski definition) is 2. The maximum Gasteiger partial charge on any atom is 0.255 e. The highest BCUT2D eigenvalue weighted by atomic mass is 32.2. The fourth-order valence-electron chi connectivity index (χ4n) is 4.68. The highest BCUT2D eigenvalue weighted by Gasteiger charge is 2.56. The molecular formula is C24H26FN5O2S. The molecule has 0 saturated heterocycles. The van der Waals surface area contributed by atoms with Gasteiger partial charge in [0.05, 0.1) is 26.6 Å². The first-order valence-corrected chi connectivity index (χ1v) is 12.2. The lowest BCUT2D eigenvalue weighted by Crippen LogP contribution is -2.58. The zero-order valence-corrected chi connectivity index (χ0v) is 19.8. The maximum atomic E-state index is 15.1. The third-order valence-corrected chi connectivity index (χ3v) is 10.5. The molecule has 3 atom stereocenters. The van der Waals surface area contributed by atoms with Crippen molar-refractivity contribution in [3.63, 3.8) is 0 Å². The number of anilines is 1.